The summed E-state index contributed by atoms with van der Waals surface area (Å²) in [4.78, 5) is 28.1. The van der Waals surface area contributed by atoms with Crippen LogP contribution in [-0.2, 0) is 13.0 Å². The highest BCUT2D eigenvalue weighted by atomic mass is 16.2. The minimum atomic E-state index is -0.356. The maximum Gasteiger partial charge on any atom is 0.271 e. The number of carbonyl (C=O) groups is 1. The summed E-state index contributed by atoms with van der Waals surface area (Å²) < 4.78 is 3.00. The van der Waals surface area contributed by atoms with Crippen LogP contribution in [0.3, 0.4) is 0 Å². The lowest BCUT2D eigenvalue weighted by molar-refractivity contribution is 0.0946. The maximum atomic E-state index is 12.1. The fraction of sp³-hybridized carbons (Fsp3) is 0.250. The molecule has 3 heterocycles. The summed E-state index contributed by atoms with van der Waals surface area (Å²) in [6.45, 7) is 2.56. The zero-order valence-electron chi connectivity index (χ0n) is 13.7. The molecule has 3 aromatic rings. The molecule has 1 amide bonds. The Kier molecular flexibility index (Phi) is 4.93. The second kappa shape index (κ2) is 7.47. The van der Waals surface area contributed by atoms with Gasteiger partial charge in [0.15, 0.2) is 11.5 Å². The lowest BCUT2D eigenvalue weighted by Crippen LogP contribution is -2.31. The summed E-state index contributed by atoms with van der Waals surface area (Å²) in [7, 11) is 0. The molecule has 0 saturated carbocycles. The molecule has 25 heavy (non-hydrogen) atoms. The molecule has 0 saturated heterocycles. The van der Waals surface area contributed by atoms with Gasteiger partial charge in [-0.3, -0.25) is 14.2 Å². The first-order chi connectivity index (χ1) is 12.2. The van der Waals surface area contributed by atoms with Gasteiger partial charge in [0.2, 0.25) is 0 Å². The smallest absolute Gasteiger partial charge is 0.271 e. The number of carbonyl (C=O) groups excluding carboxylic acids is 1. The van der Waals surface area contributed by atoms with Crippen molar-refractivity contribution >= 4 is 5.91 Å². The Morgan fingerprint density at radius 2 is 2.16 bits per heavy atom. The van der Waals surface area contributed by atoms with E-state index in [0.717, 1.165) is 5.69 Å². The molecule has 0 unspecified atom stereocenters. The number of hydrogen-bond donors (Lipinski definition) is 1. The molecule has 0 spiro atoms. The molecule has 0 radical (unpaired) electrons. The number of nitrogens with zero attached hydrogens (tertiary/aromatic N) is 6. The molecule has 9 nitrogen and oxygen atoms in total. The Morgan fingerprint density at radius 3 is 2.80 bits per heavy atom. The van der Waals surface area contributed by atoms with Gasteiger partial charge in [-0.15, -0.1) is 10.2 Å². The van der Waals surface area contributed by atoms with Crippen LogP contribution in [0.1, 0.15) is 23.1 Å². The number of aromatic nitrogens is 6. The normalized spacial score (nSPS) is 10.6. The highest BCUT2D eigenvalue weighted by Crippen LogP contribution is 2.01. The van der Waals surface area contributed by atoms with Crippen molar-refractivity contribution in [3.05, 3.63) is 64.7 Å². The van der Waals surface area contributed by atoms with Crippen molar-refractivity contribution in [3.8, 4) is 5.82 Å². The first-order valence-corrected chi connectivity index (χ1v) is 7.84. The van der Waals surface area contributed by atoms with Crippen LogP contribution in [0.5, 0.6) is 0 Å². The van der Waals surface area contributed by atoms with E-state index in [2.05, 4.69) is 25.6 Å². The molecule has 0 aliphatic rings. The minimum Gasteiger partial charge on any atom is -0.349 e. The first-order valence-electron chi connectivity index (χ1n) is 7.84. The molecule has 128 valence electrons. The van der Waals surface area contributed by atoms with Crippen LogP contribution in [0.2, 0.25) is 0 Å². The summed E-state index contributed by atoms with van der Waals surface area (Å²) in [5.41, 5.74) is 0.810. The van der Waals surface area contributed by atoms with Gasteiger partial charge in [0.25, 0.3) is 11.5 Å². The van der Waals surface area contributed by atoms with Crippen molar-refractivity contribution in [1.82, 2.24) is 34.8 Å². The quantitative estimate of drug-likeness (QED) is 0.688. The number of aryl methyl sites for hydroxylation is 1. The zero-order chi connectivity index (χ0) is 17.6. The molecule has 0 fully saturated rings. The van der Waals surface area contributed by atoms with Gasteiger partial charge >= 0.3 is 0 Å². The van der Waals surface area contributed by atoms with Crippen LogP contribution in [0, 0.1) is 0 Å². The van der Waals surface area contributed by atoms with Gasteiger partial charge in [0, 0.05) is 37.2 Å². The summed E-state index contributed by atoms with van der Waals surface area (Å²) in [6, 6.07) is 6.50. The lowest BCUT2D eigenvalue weighted by atomic mass is 10.3. The Balaban J connectivity index is 1.57. The van der Waals surface area contributed by atoms with Crippen LogP contribution in [0.25, 0.3) is 5.82 Å². The highest BCUT2D eigenvalue weighted by Gasteiger charge is 2.09. The molecule has 0 aliphatic carbocycles. The third-order valence-corrected chi connectivity index (χ3v) is 3.56. The molecule has 0 atom stereocenters. The van der Waals surface area contributed by atoms with Crippen molar-refractivity contribution < 1.29 is 4.79 Å². The van der Waals surface area contributed by atoms with E-state index in [4.69, 9.17) is 0 Å². The van der Waals surface area contributed by atoms with E-state index in [1.807, 2.05) is 6.92 Å². The zero-order valence-corrected chi connectivity index (χ0v) is 13.7. The van der Waals surface area contributed by atoms with Crippen molar-refractivity contribution in [2.75, 3.05) is 6.54 Å². The van der Waals surface area contributed by atoms with Gasteiger partial charge in [0.1, 0.15) is 0 Å². The SMILES string of the molecule is CCc1cc(=O)n(CCNC(=O)c2ccc(-n3cccn3)nn2)cn1. The molecule has 1 N–H and O–H groups in total. The van der Waals surface area contributed by atoms with Crippen LogP contribution in [0.4, 0.5) is 0 Å². The van der Waals surface area contributed by atoms with Crippen LogP contribution < -0.4 is 10.9 Å². The largest absolute Gasteiger partial charge is 0.349 e. The molecular weight excluding hydrogens is 322 g/mol. The van der Waals surface area contributed by atoms with E-state index < -0.39 is 0 Å². The van der Waals surface area contributed by atoms with E-state index >= 15 is 0 Å². The predicted octanol–water partition coefficient (Wildman–Crippen LogP) is 0.211. The highest BCUT2D eigenvalue weighted by molar-refractivity contribution is 5.92. The van der Waals surface area contributed by atoms with E-state index in [1.54, 1.807) is 35.3 Å². The number of rotatable bonds is 6. The topological polar surface area (TPSA) is 108 Å². The van der Waals surface area contributed by atoms with Crippen molar-refractivity contribution in [3.63, 3.8) is 0 Å². The summed E-state index contributed by atoms with van der Waals surface area (Å²) >= 11 is 0. The van der Waals surface area contributed by atoms with Crippen LogP contribution in [0.15, 0.2) is 47.8 Å². The average molecular weight is 339 g/mol. The summed E-state index contributed by atoms with van der Waals surface area (Å²) in [5.74, 6) is 0.167. The van der Waals surface area contributed by atoms with E-state index in [0.29, 0.717) is 18.8 Å². The number of amides is 1. The Bertz CT molecular complexity index is 901. The van der Waals surface area contributed by atoms with Crippen molar-refractivity contribution in [1.29, 1.82) is 0 Å². The van der Waals surface area contributed by atoms with Gasteiger partial charge in [-0.25, -0.2) is 9.67 Å². The van der Waals surface area contributed by atoms with Gasteiger partial charge in [0.05, 0.1) is 6.33 Å². The fourth-order valence-corrected chi connectivity index (χ4v) is 2.18. The maximum absolute atomic E-state index is 12.1. The standard InChI is InChI=1S/C16H17N7O2/c1-2-12-10-15(24)22(11-18-12)9-7-17-16(25)13-4-5-14(21-20-13)23-8-3-6-19-23/h3-6,8,10-11H,2,7,9H2,1H3,(H,17,25). The van der Waals surface area contributed by atoms with E-state index in [-0.39, 0.29) is 23.7 Å². The molecular formula is C16H17N7O2. The van der Waals surface area contributed by atoms with Crippen molar-refractivity contribution in [2.45, 2.75) is 19.9 Å². The summed E-state index contributed by atoms with van der Waals surface area (Å²) in [6.07, 6.45) is 5.57. The third-order valence-electron chi connectivity index (χ3n) is 3.56. The van der Waals surface area contributed by atoms with Crippen LogP contribution >= 0.6 is 0 Å². The second-order valence-electron chi connectivity index (χ2n) is 5.25. The molecule has 0 bridgehead atoms. The number of nitrogens with one attached hydrogen (secondary N) is 1. The Labute approximate surface area is 143 Å². The lowest BCUT2D eigenvalue weighted by Gasteiger charge is -2.07. The Morgan fingerprint density at radius 1 is 1.28 bits per heavy atom. The third kappa shape index (κ3) is 3.94. The first kappa shape index (κ1) is 16.5. The molecule has 0 aromatic carbocycles. The van der Waals surface area contributed by atoms with Gasteiger partial charge in [-0.2, -0.15) is 5.10 Å². The summed E-state index contributed by atoms with van der Waals surface area (Å²) in [5, 5.41) is 14.6. The number of hydrogen-bond acceptors (Lipinski definition) is 6. The van der Waals surface area contributed by atoms with Crippen LogP contribution in [-0.4, -0.2) is 42.0 Å². The predicted molar refractivity (Wildman–Crippen MR) is 89.4 cm³/mol. The molecule has 3 rings (SSSR count). The molecule has 0 aliphatic heterocycles. The van der Waals surface area contributed by atoms with Gasteiger partial charge < -0.3 is 5.32 Å². The fourth-order valence-electron chi connectivity index (χ4n) is 2.18. The van der Waals surface area contributed by atoms with E-state index in [9.17, 15) is 9.59 Å². The van der Waals surface area contributed by atoms with Gasteiger partial charge in [-0.1, -0.05) is 6.92 Å². The average Bonchev–Trinajstić information content (AvgIpc) is 3.17. The van der Waals surface area contributed by atoms with Gasteiger partial charge in [-0.05, 0) is 24.6 Å². The monoisotopic (exact) mass is 339 g/mol. The van der Waals surface area contributed by atoms with E-state index in [1.165, 1.54) is 17.0 Å². The Hall–Kier alpha value is -3.36. The molecule has 9 heteroatoms. The second-order valence-corrected chi connectivity index (χ2v) is 5.25. The van der Waals surface area contributed by atoms with Crippen molar-refractivity contribution in [2.24, 2.45) is 0 Å². The molecule has 3 aromatic heterocycles. The minimum absolute atomic E-state index is 0.135.